The van der Waals surface area contributed by atoms with Gasteiger partial charge in [0.2, 0.25) is 5.91 Å². The minimum atomic E-state index is -0.206. The molecule has 2 heterocycles. The van der Waals surface area contributed by atoms with Gasteiger partial charge in [0.15, 0.2) is 5.65 Å². The van der Waals surface area contributed by atoms with Crippen molar-refractivity contribution < 1.29 is 4.79 Å². The van der Waals surface area contributed by atoms with Crippen LogP contribution in [0.1, 0.15) is 5.56 Å². The molecule has 0 saturated heterocycles. The van der Waals surface area contributed by atoms with E-state index in [1.807, 2.05) is 35.0 Å². The molecule has 0 spiro atoms. The average Bonchev–Trinajstić information content (AvgIpc) is 3.14. The Hall–Kier alpha value is -2.61. The van der Waals surface area contributed by atoms with Crippen molar-refractivity contribution in [2.24, 2.45) is 0 Å². The first-order chi connectivity index (χ1) is 14.1. The first-order valence-corrected chi connectivity index (χ1v) is 10.4. The van der Waals surface area contributed by atoms with Gasteiger partial charge in [-0.1, -0.05) is 71.4 Å². The topological polar surface area (TPSA) is 72.7 Å². The van der Waals surface area contributed by atoms with Crippen LogP contribution in [0, 0.1) is 0 Å². The van der Waals surface area contributed by atoms with Crippen molar-refractivity contribution in [1.29, 1.82) is 0 Å². The Labute approximate surface area is 181 Å². The fourth-order valence-electron chi connectivity index (χ4n) is 2.78. The summed E-state index contributed by atoms with van der Waals surface area (Å²) in [5, 5.41) is 9.41. The minimum Gasteiger partial charge on any atom is -0.324 e. The molecule has 2 aromatic heterocycles. The van der Waals surface area contributed by atoms with Crippen LogP contribution in [0.2, 0.25) is 10.0 Å². The van der Waals surface area contributed by atoms with E-state index in [0.717, 1.165) is 16.6 Å². The zero-order valence-corrected chi connectivity index (χ0v) is 17.4. The zero-order chi connectivity index (χ0) is 20.2. The van der Waals surface area contributed by atoms with Crippen LogP contribution in [0.3, 0.4) is 0 Å². The molecule has 4 rings (SSSR count). The number of hydrogen-bond donors (Lipinski definition) is 1. The van der Waals surface area contributed by atoms with Crippen molar-refractivity contribution in [2.45, 2.75) is 11.6 Å². The lowest BCUT2D eigenvalue weighted by molar-refractivity contribution is -0.113. The van der Waals surface area contributed by atoms with Crippen molar-refractivity contribution in [3.05, 3.63) is 76.7 Å². The van der Waals surface area contributed by atoms with Crippen LogP contribution in [0.4, 0.5) is 5.69 Å². The number of aromatic nitrogens is 4. The van der Waals surface area contributed by atoms with Gasteiger partial charge < -0.3 is 5.32 Å². The van der Waals surface area contributed by atoms with Gasteiger partial charge in [-0.3, -0.25) is 4.79 Å². The average molecular weight is 444 g/mol. The second-order valence-electron chi connectivity index (χ2n) is 6.14. The van der Waals surface area contributed by atoms with Crippen molar-refractivity contribution in [3.63, 3.8) is 0 Å². The number of carbonyl (C=O) groups excluding carboxylic acids is 1. The molecule has 9 heteroatoms. The second-order valence-corrected chi connectivity index (χ2v) is 7.89. The predicted octanol–water partition coefficient (Wildman–Crippen LogP) is 4.91. The number of nitrogens with one attached hydrogen (secondary N) is 1. The Morgan fingerprint density at radius 3 is 2.72 bits per heavy atom. The third-order valence-electron chi connectivity index (χ3n) is 4.14. The maximum Gasteiger partial charge on any atom is 0.234 e. The Bertz CT molecular complexity index is 1170. The van der Waals surface area contributed by atoms with Crippen molar-refractivity contribution in [3.8, 4) is 0 Å². The summed E-state index contributed by atoms with van der Waals surface area (Å²) in [6.45, 7) is 0.610. The monoisotopic (exact) mass is 443 g/mol. The summed E-state index contributed by atoms with van der Waals surface area (Å²) in [5.41, 5.74) is 2.33. The molecule has 0 fully saturated rings. The number of halogens is 2. The first kappa shape index (κ1) is 19.7. The Morgan fingerprint density at radius 2 is 1.90 bits per heavy atom. The van der Waals surface area contributed by atoms with Crippen LogP contribution >= 0.6 is 35.0 Å². The van der Waals surface area contributed by atoms with E-state index in [0.29, 0.717) is 27.3 Å². The fraction of sp³-hybridized carbons (Fsp3) is 0.100. The maximum atomic E-state index is 12.3. The number of rotatable bonds is 6. The third kappa shape index (κ3) is 4.53. The van der Waals surface area contributed by atoms with Crippen molar-refractivity contribution in [1.82, 2.24) is 19.7 Å². The van der Waals surface area contributed by atoms with Gasteiger partial charge >= 0.3 is 0 Å². The highest BCUT2D eigenvalue weighted by Crippen LogP contribution is 2.30. The molecule has 0 bridgehead atoms. The summed E-state index contributed by atoms with van der Waals surface area (Å²) in [6.07, 6.45) is 3.21. The lowest BCUT2D eigenvalue weighted by Gasteiger charge is -2.08. The van der Waals surface area contributed by atoms with Gasteiger partial charge in [0.25, 0.3) is 0 Å². The summed E-state index contributed by atoms with van der Waals surface area (Å²) in [7, 11) is 0. The molecular weight excluding hydrogens is 429 g/mol. The second kappa shape index (κ2) is 8.82. The largest absolute Gasteiger partial charge is 0.324 e. The van der Waals surface area contributed by atoms with Gasteiger partial charge in [-0.2, -0.15) is 5.10 Å². The van der Waals surface area contributed by atoms with Crippen molar-refractivity contribution >= 4 is 57.6 Å². The van der Waals surface area contributed by atoms with Crippen LogP contribution in [0.5, 0.6) is 0 Å². The Morgan fingerprint density at radius 1 is 1.07 bits per heavy atom. The fourth-order valence-corrected chi connectivity index (χ4v) is 3.89. The van der Waals surface area contributed by atoms with E-state index in [2.05, 4.69) is 20.4 Å². The van der Waals surface area contributed by atoms with Crippen LogP contribution in [0.15, 0.2) is 66.1 Å². The molecule has 0 atom stereocenters. The van der Waals surface area contributed by atoms with Crippen LogP contribution in [-0.2, 0) is 11.3 Å². The standard InChI is InChI=1S/C20H15Cl2N5OS/c21-15-7-4-8-16(18(15)22)26-17(28)11-29-20-14-9-25-27(19(14)23-12-24-20)10-13-5-2-1-3-6-13/h1-9,12H,10-11H2,(H,26,28). The van der Waals surface area contributed by atoms with Crippen LogP contribution in [0.25, 0.3) is 11.0 Å². The summed E-state index contributed by atoms with van der Waals surface area (Å²) < 4.78 is 1.82. The summed E-state index contributed by atoms with van der Waals surface area (Å²) in [6, 6.07) is 15.1. The number of fused-ring (bicyclic) bond motifs is 1. The molecule has 0 radical (unpaired) electrons. The lowest BCUT2D eigenvalue weighted by atomic mass is 10.2. The number of hydrogen-bond acceptors (Lipinski definition) is 5. The lowest BCUT2D eigenvalue weighted by Crippen LogP contribution is -2.14. The van der Waals surface area contributed by atoms with E-state index in [1.54, 1.807) is 24.4 Å². The molecule has 0 unspecified atom stereocenters. The number of anilines is 1. The van der Waals surface area contributed by atoms with Gasteiger partial charge in [0, 0.05) is 0 Å². The Balaban J connectivity index is 1.47. The summed E-state index contributed by atoms with van der Waals surface area (Å²) >= 11 is 13.4. The van der Waals surface area contributed by atoms with E-state index in [4.69, 9.17) is 23.2 Å². The molecule has 0 aliphatic carbocycles. The predicted molar refractivity (Wildman–Crippen MR) is 117 cm³/mol. The Kier molecular flexibility index (Phi) is 5.99. The maximum absolute atomic E-state index is 12.3. The molecule has 1 amide bonds. The first-order valence-electron chi connectivity index (χ1n) is 8.69. The third-order valence-corrected chi connectivity index (χ3v) is 5.96. The highest BCUT2D eigenvalue weighted by atomic mass is 35.5. The number of nitrogens with zero attached hydrogens (tertiary/aromatic N) is 4. The molecule has 0 saturated carbocycles. The number of thioether (sulfide) groups is 1. The van der Waals surface area contributed by atoms with E-state index in [-0.39, 0.29) is 11.7 Å². The van der Waals surface area contributed by atoms with Gasteiger partial charge in [-0.05, 0) is 17.7 Å². The SMILES string of the molecule is O=C(CSc1ncnc2c1cnn2Cc1ccccc1)Nc1cccc(Cl)c1Cl. The highest BCUT2D eigenvalue weighted by molar-refractivity contribution is 8.00. The van der Waals surface area contributed by atoms with Gasteiger partial charge in [-0.15, -0.1) is 0 Å². The van der Waals surface area contributed by atoms with Gasteiger partial charge in [0.1, 0.15) is 11.4 Å². The number of amides is 1. The number of carbonyl (C=O) groups is 1. The smallest absolute Gasteiger partial charge is 0.234 e. The molecule has 0 aliphatic rings. The molecule has 2 aromatic carbocycles. The molecule has 29 heavy (non-hydrogen) atoms. The molecule has 6 nitrogen and oxygen atoms in total. The molecule has 0 aliphatic heterocycles. The van der Waals surface area contributed by atoms with E-state index < -0.39 is 0 Å². The highest BCUT2D eigenvalue weighted by Gasteiger charge is 2.13. The molecular formula is C20H15Cl2N5OS. The van der Waals surface area contributed by atoms with E-state index in [1.165, 1.54) is 18.1 Å². The van der Waals surface area contributed by atoms with Crippen LogP contribution in [-0.4, -0.2) is 31.4 Å². The number of benzene rings is 2. The van der Waals surface area contributed by atoms with E-state index >= 15 is 0 Å². The molecule has 146 valence electrons. The normalized spacial score (nSPS) is 11.0. The molecule has 1 N–H and O–H groups in total. The van der Waals surface area contributed by atoms with Crippen LogP contribution < -0.4 is 5.32 Å². The quantitative estimate of drug-likeness (QED) is 0.338. The summed E-state index contributed by atoms with van der Waals surface area (Å²) in [5.74, 6) is -0.0404. The molecule has 4 aromatic rings. The van der Waals surface area contributed by atoms with Crippen molar-refractivity contribution in [2.75, 3.05) is 11.1 Å². The zero-order valence-electron chi connectivity index (χ0n) is 15.0. The van der Waals surface area contributed by atoms with E-state index in [9.17, 15) is 4.79 Å². The van der Waals surface area contributed by atoms with Gasteiger partial charge in [-0.25, -0.2) is 14.6 Å². The van der Waals surface area contributed by atoms with Gasteiger partial charge in [0.05, 0.1) is 39.6 Å². The minimum absolute atomic E-state index is 0.165. The summed E-state index contributed by atoms with van der Waals surface area (Å²) in [4.78, 5) is 21.0.